The molecule has 2 aromatic heterocycles. The van der Waals surface area contributed by atoms with Crippen LogP contribution < -0.4 is 5.56 Å². The van der Waals surface area contributed by atoms with E-state index < -0.39 is 0 Å². The summed E-state index contributed by atoms with van der Waals surface area (Å²) in [6.45, 7) is 1.99. The monoisotopic (exact) mass is 437 g/mol. The average Bonchev–Trinajstić information content (AvgIpc) is 3.44. The lowest BCUT2D eigenvalue weighted by Crippen LogP contribution is -2.13. The van der Waals surface area contributed by atoms with Gasteiger partial charge < -0.3 is 0 Å². The SMILES string of the molecule is Cc1cccc(N=Nc2c(-c3ccccc3)[nH]n(-c3nc(-c4ccccc4)cs3)c2=O)c1. The Bertz CT molecular complexity index is 1450. The molecule has 0 saturated heterocycles. The lowest BCUT2D eigenvalue weighted by molar-refractivity contribution is 0.843. The highest BCUT2D eigenvalue weighted by Gasteiger charge is 2.19. The van der Waals surface area contributed by atoms with E-state index >= 15 is 0 Å². The first kappa shape index (κ1) is 19.8. The van der Waals surface area contributed by atoms with Crippen LogP contribution in [0.25, 0.3) is 27.6 Å². The number of aryl methyl sites for hydroxylation is 1. The lowest BCUT2D eigenvalue weighted by atomic mass is 10.1. The summed E-state index contributed by atoms with van der Waals surface area (Å²) < 4.78 is 1.43. The van der Waals surface area contributed by atoms with Gasteiger partial charge in [0, 0.05) is 16.5 Å². The van der Waals surface area contributed by atoms with Crippen LogP contribution >= 0.6 is 11.3 Å². The number of aromatic amines is 1. The van der Waals surface area contributed by atoms with Crippen molar-refractivity contribution in [1.29, 1.82) is 0 Å². The van der Waals surface area contributed by atoms with Crippen LogP contribution in [0.1, 0.15) is 5.56 Å². The van der Waals surface area contributed by atoms with Crippen LogP contribution in [0.15, 0.2) is 105 Å². The van der Waals surface area contributed by atoms with Gasteiger partial charge in [-0.25, -0.2) is 4.98 Å². The Balaban J connectivity index is 1.61. The summed E-state index contributed by atoms with van der Waals surface area (Å²) in [5.74, 6) is 0. The molecule has 0 unspecified atom stereocenters. The molecule has 6 nitrogen and oxygen atoms in total. The molecule has 0 aliphatic carbocycles. The number of hydrogen-bond acceptors (Lipinski definition) is 5. The largest absolute Gasteiger partial charge is 0.301 e. The van der Waals surface area contributed by atoms with Gasteiger partial charge in [0.15, 0.2) is 5.69 Å². The van der Waals surface area contributed by atoms with Crippen LogP contribution in [-0.2, 0) is 0 Å². The maximum atomic E-state index is 13.3. The first-order valence-electron chi connectivity index (χ1n) is 10.1. The minimum Gasteiger partial charge on any atom is -0.286 e. The van der Waals surface area contributed by atoms with Gasteiger partial charge in [-0.15, -0.1) is 16.5 Å². The Morgan fingerprint density at radius 3 is 2.31 bits per heavy atom. The Morgan fingerprint density at radius 2 is 1.59 bits per heavy atom. The van der Waals surface area contributed by atoms with Crippen LogP contribution in [0, 0.1) is 6.92 Å². The summed E-state index contributed by atoms with van der Waals surface area (Å²) in [6, 6.07) is 27.2. The summed E-state index contributed by atoms with van der Waals surface area (Å²) in [6.07, 6.45) is 0. The van der Waals surface area contributed by atoms with Crippen molar-refractivity contribution in [3.05, 3.63) is 106 Å². The third kappa shape index (κ3) is 3.93. The van der Waals surface area contributed by atoms with Crippen molar-refractivity contribution in [3.8, 4) is 27.6 Å². The molecule has 156 valence electrons. The highest BCUT2D eigenvalue weighted by atomic mass is 32.1. The van der Waals surface area contributed by atoms with Gasteiger partial charge in [0.1, 0.15) is 0 Å². The summed E-state index contributed by atoms with van der Waals surface area (Å²) in [5.41, 5.74) is 4.98. The normalized spacial score (nSPS) is 11.3. The van der Waals surface area contributed by atoms with E-state index in [1.807, 2.05) is 97.2 Å². The molecule has 32 heavy (non-hydrogen) atoms. The smallest absolute Gasteiger partial charge is 0.286 e. The highest BCUT2D eigenvalue weighted by molar-refractivity contribution is 7.12. The first-order valence-corrected chi connectivity index (χ1v) is 11.0. The number of thiazole rings is 1. The lowest BCUT2D eigenvalue weighted by Gasteiger charge is -1.99. The fourth-order valence-electron chi connectivity index (χ4n) is 3.37. The van der Waals surface area contributed by atoms with Crippen molar-refractivity contribution in [3.63, 3.8) is 0 Å². The number of nitrogens with zero attached hydrogens (tertiary/aromatic N) is 4. The zero-order valence-electron chi connectivity index (χ0n) is 17.3. The summed E-state index contributed by atoms with van der Waals surface area (Å²) in [4.78, 5) is 18.0. The van der Waals surface area contributed by atoms with Gasteiger partial charge in [-0.2, -0.15) is 9.80 Å². The first-order chi connectivity index (χ1) is 15.7. The van der Waals surface area contributed by atoms with Crippen molar-refractivity contribution < 1.29 is 0 Å². The minimum atomic E-state index is -0.297. The fraction of sp³-hybridized carbons (Fsp3) is 0.0400. The van der Waals surface area contributed by atoms with E-state index in [9.17, 15) is 4.79 Å². The van der Waals surface area contributed by atoms with Crippen molar-refractivity contribution in [2.45, 2.75) is 6.92 Å². The maximum absolute atomic E-state index is 13.3. The van der Waals surface area contributed by atoms with E-state index in [0.29, 0.717) is 16.5 Å². The number of benzene rings is 3. The topological polar surface area (TPSA) is 75.4 Å². The van der Waals surface area contributed by atoms with Gasteiger partial charge in [0.25, 0.3) is 0 Å². The second-order valence-electron chi connectivity index (χ2n) is 7.26. The van der Waals surface area contributed by atoms with Gasteiger partial charge in [0.05, 0.1) is 17.1 Å². The molecule has 0 amide bonds. The van der Waals surface area contributed by atoms with Gasteiger partial charge >= 0.3 is 5.56 Å². The molecule has 0 aliphatic heterocycles. The third-order valence-corrected chi connectivity index (χ3v) is 5.77. The molecule has 1 N–H and O–H groups in total. The van der Waals surface area contributed by atoms with Crippen molar-refractivity contribution in [2.24, 2.45) is 10.2 Å². The molecule has 5 aromatic rings. The molecule has 0 aliphatic rings. The predicted molar refractivity (Wildman–Crippen MR) is 128 cm³/mol. The van der Waals surface area contributed by atoms with E-state index in [1.165, 1.54) is 16.0 Å². The van der Waals surface area contributed by atoms with Gasteiger partial charge in [-0.1, -0.05) is 72.8 Å². The number of H-pyrrole nitrogens is 1. The molecule has 0 bridgehead atoms. The maximum Gasteiger partial charge on any atom is 0.301 e. The number of rotatable bonds is 5. The number of hydrogen-bond donors (Lipinski definition) is 1. The van der Waals surface area contributed by atoms with Gasteiger partial charge in [-0.3, -0.25) is 9.89 Å². The summed E-state index contributed by atoms with van der Waals surface area (Å²) in [5, 5.41) is 14.3. The van der Waals surface area contributed by atoms with Crippen molar-refractivity contribution >= 4 is 22.7 Å². The van der Waals surface area contributed by atoms with Crippen LogP contribution in [0.5, 0.6) is 0 Å². The quantitative estimate of drug-likeness (QED) is 0.311. The second kappa shape index (κ2) is 8.56. The summed E-state index contributed by atoms with van der Waals surface area (Å²) >= 11 is 1.39. The Labute approximate surface area is 188 Å². The predicted octanol–water partition coefficient (Wildman–Crippen LogP) is 6.68. The van der Waals surface area contributed by atoms with Crippen LogP contribution in [-0.4, -0.2) is 14.8 Å². The molecule has 7 heteroatoms. The van der Waals surface area contributed by atoms with E-state index in [4.69, 9.17) is 0 Å². The molecule has 0 spiro atoms. The van der Waals surface area contributed by atoms with Crippen molar-refractivity contribution in [1.82, 2.24) is 14.8 Å². The van der Waals surface area contributed by atoms with Gasteiger partial charge in [0.2, 0.25) is 5.13 Å². The third-order valence-electron chi connectivity index (χ3n) is 4.95. The molecule has 2 heterocycles. The zero-order chi connectivity index (χ0) is 21.9. The van der Waals surface area contributed by atoms with Crippen LogP contribution in [0.2, 0.25) is 0 Å². The Morgan fingerprint density at radius 1 is 0.875 bits per heavy atom. The average molecular weight is 438 g/mol. The highest BCUT2D eigenvalue weighted by Crippen LogP contribution is 2.30. The number of aromatic nitrogens is 3. The number of nitrogens with one attached hydrogen (secondary N) is 1. The molecule has 5 rings (SSSR count). The van der Waals surface area contributed by atoms with E-state index in [2.05, 4.69) is 20.3 Å². The molecule has 0 atom stereocenters. The van der Waals surface area contributed by atoms with Crippen LogP contribution in [0.3, 0.4) is 0 Å². The van der Waals surface area contributed by atoms with Gasteiger partial charge in [-0.05, 0) is 24.6 Å². The summed E-state index contributed by atoms with van der Waals surface area (Å²) in [7, 11) is 0. The molecule has 0 saturated carbocycles. The van der Waals surface area contributed by atoms with E-state index in [1.54, 1.807) is 0 Å². The fourth-order valence-corrected chi connectivity index (χ4v) is 4.16. The molecule has 3 aromatic carbocycles. The molecule has 0 radical (unpaired) electrons. The van der Waals surface area contributed by atoms with Crippen molar-refractivity contribution in [2.75, 3.05) is 0 Å². The Kier molecular flexibility index (Phi) is 5.31. The minimum absolute atomic E-state index is 0.245. The second-order valence-corrected chi connectivity index (χ2v) is 8.10. The standard InChI is InChI=1S/C25H19N5OS/c1-17-9-8-14-20(15-17)27-28-23-22(19-12-6-3-7-13-19)29-30(24(23)31)25-26-21(16-32-25)18-10-4-2-5-11-18/h2-16,29H,1H3. The zero-order valence-corrected chi connectivity index (χ0v) is 18.1. The molecular formula is C25H19N5OS. The van der Waals surface area contributed by atoms with E-state index in [-0.39, 0.29) is 11.2 Å². The molecule has 0 fully saturated rings. The van der Waals surface area contributed by atoms with E-state index in [0.717, 1.165) is 22.4 Å². The number of azo groups is 1. The van der Waals surface area contributed by atoms with Crippen LogP contribution in [0.4, 0.5) is 11.4 Å². The Hall–Kier alpha value is -4.10. The molecular weight excluding hydrogens is 418 g/mol.